The average Bonchev–Trinajstić information content (AvgIpc) is 2.87. The van der Waals surface area contributed by atoms with Gasteiger partial charge in [0.15, 0.2) is 0 Å². The average molecular weight is 501 g/mol. The molecule has 2 fully saturated rings. The highest BCUT2D eigenvalue weighted by Crippen LogP contribution is 2.32. The normalized spacial score (nSPS) is 24.6. The molecule has 4 rings (SSSR count). The van der Waals surface area contributed by atoms with Crippen molar-refractivity contribution in [2.24, 2.45) is 0 Å². The summed E-state index contributed by atoms with van der Waals surface area (Å²) in [6, 6.07) is 5.02. The Kier molecular flexibility index (Phi) is 9.20. The summed E-state index contributed by atoms with van der Waals surface area (Å²) >= 11 is 0. The second-order valence-electron chi connectivity index (χ2n) is 10.1. The summed E-state index contributed by atoms with van der Waals surface area (Å²) in [5.41, 5.74) is 1.02. The first-order chi connectivity index (χ1) is 17.4. The van der Waals surface area contributed by atoms with Crippen LogP contribution in [-0.2, 0) is 14.3 Å². The number of nitrogens with zero attached hydrogens (tertiary/aromatic N) is 2. The molecular weight excluding hydrogens is 460 g/mol. The van der Waals surface area contributed by atoms with E-state index in [0.29, 0.717) is 49.4 Å². The van der Waals surface area contributed by atoms with Crippen LogP contribution in [0.25, 0.3) is 0 Å². The molecule has 36 heavy (non-hydrogen) atoms. The molecule has 3 heterocycles. The third kappa shape index (κ3) is 6.76. The van der Waals surface area contributed by atoms with Crippen molar-refractivity contribution in [1.82, 2.24) is 15.1 Å². The molecule has 3 aliphatic heterocycles. The highest BCUT2D eigenvalue weighted by molar-refractivity contribution is 5.99. The summed E-state index contributed by atoms with van der Waals surface area (Å²) < 4.78 is 12.3. The zero-order valence-electron chi connectivity index (χ0n) is 21.6. The minimum atomic E-state index is -0.309. The van der Waals surface area contributed by atoms with E-state index in [0.717, 1.165) is 32.5 Å². The molecule has 0 bridgehead atoms. The number of likely N-dealkylation sites (tertiary alicyclic amines) is 1. The van der Waals surface area contributed by atoms with Crippen molar-refractivity contribution in [3.8, 4) is 5.75 Å². The van der Waals surface area contributed by atoms with Crippen LogP contribution >= 0.6 is 0 Å². The van der Waals surface area contributed by atoms with E-state index in [1.807, 2.05) is 6.92 Å². The van der Waals surface area contributed by atoms with Gasteiger partial charge in [-0.05, 0) is 63.4 Å². The van der Waals surface area contributed by atoms with Crippen LogP contribution in [-0.4, -0.2) is 85.6 Å². The van der Waals surface area contributed by atoms with E-state index >= 15 is 0 Å². The molecule has 3 aliphatic rings. The number of hydrogen-bond donors (Lipinski definition) is 2. The van der Waals surface area contributed by atoms with Crippen LogP contribution in [0.4, 0.5) is 5.69 Å². The number of likely N-dealkylation sites (N-methyl/N-ethyl adjacent to an activating group) is 1. The lowest BCUT2D eigenvalue weighted by Gasteiger charge is -2.42. The number of ether oxygens (including phenoxy) is 2. The maximum atomic E-state index is 13.3. The Hall–Kier alpha value is -2.65. The fourth-order valence-electron chi connectivity index (χ4n) is 5.37. The maximum absolute atomic E-state index is 13.3. The van der Waals surface area contributed by atoms with E-state index in [9.17, 15) is 14.4 Å². The molecule has 1 aromatic carbocycles. The van der Waals surface area contributed by atoms with E-state index in [4.69, 9.17) is 9.47 Å². The summed E-state index contributed by atoms with van der Waals surface area (Å²) in [6.07, 6.45) is 6.24. The number of hydrogen-bond acceptors (Lipinski definition) is 6. The predicted octanol–water partition coefficient (Wildman–Crippen LogP) is 2.80. The molecule has 1 aromatic rings. The molecule has 0 aliphatic carbocycles. The van der Waals surface area contributed by atoms with Crippen molar-refractivity contribution in [3.63, 3.8) is 0 Å². The number of piperidine rings is 1. The summed E-state index contributed by atoms with van der Waals surface area (Å²) in [5, 5.41) is 5.89. The Labute approximate surface area is 213 Å². The molecule has 3 atom stereocenters. The fourth-order valence-corrected chi connectivity index (χ4v) is 5.37. The van der Waals surface area contributed by atoms with E-state index in [1.165, 1.54) is 19.3 Å². The number of fused-ring (bicyclic) bond motifs is 2. The Morgan fingerprint density at radius 3 is 2.69 bits per heavy atom. The Bertz CT molecular complexity index is 933. The fraction of sp³-hybridized carbons (Fsp3) is 0.667. The standard InChI is InChI=1S/C27H40N4O5/c1-3-7-25(32)29-19-8-11-23-21(16-19)27(34)30(2)22-10-9-20(36-24(22)18-35-23)17-26(33)28-12-15-31-13-5-4-6-14-31/h8,11,16,20,22,24H,3-7,9-10,12-15,17-18H2,1-2H3,(H,28,33)(H,29,32)/t20-,22+,24+/m0/s1. The van der Waals surface area contributed by atoms with Gasteiger partial charge < -0.3 is 29.9 Å². The second-order valence-corrected chi connectivity index (χ2v) is 10.1. The Balaban J connectivity index is 1.32. The first-order valence-corrected chi connectivity index (χ1v) is 13.4. The van der Waals surface area contributed by atoms with Crippen molar-refractivity contribution in [2.75, 3.05) is 45.2 Å². The molecule has 0 aromatic heterocycles. The Morgan fingerprint density at radius 2 is 1.92 bits per heavy atom. The molecule has 2 N–H and O–H groups in total. The molecule has 198 valence electrons. The first kappa shape index (κ1) is 26.4. The number of carbonyl (C=O) groups excluding carboxylic acids is 3. The van der Waals surface area contributed by atoms with Gasteiger partial charge in [0.05, 0.1) is 24.1 Å². The van der Waals surface area contributed by atoms with Crippen molar-refractivity contribution in [3.05, 3.63) is 23.8 Å². The monoisotopic (exact) mass is 500 g/mol. The number of rotatable bonds is 8. The van der Waals surface area contributed by atoms with Gasteiger partial charge in [-0.1, -0.05) is 13.3 Å². The number of amides is 3. The van der Waals surface area contributed by atoms with Crippen LogP contribution in [0.15, 0.2) is 18.2 Å². The highest BCUT2D eigenvalue weighted by atomic mass is 16.5. The lowest BCUT2D eigenvalue weighted by molar-refractivity contribution is -0.134. The van der Waals surface area contributed by atoms with Crippen LogP contribution < -0.4 is 15.4 Å². The topological polar surface area (TPSA) is 100 Å². The number of nitrogens with one attached hydrogen (secondary N) is 2. The molecule has 9 heteroatoms. The van der Waals surface area contributed by atoms with Crippen molar-refractivity contribution < 1.29 is 23.9 Å². The third-order valence-electron chi connectivity index (χ3n) is 7.38. The molecule has 9 nitrogen and oxygen atoms in total. The molecule has 2 saturated heterocycles. The summed E-state index contributed by atoms with van der Waals surface area (Å²) in [4.78, 5) is 42.0. The van der Waals surface area contributed by atoms with Crippen LogP contribution in [0.5, 0.6) is 5.75 Å². The van der Waals surface area contributed by atoms with Gasteiger partial charge in [0.1, 0.15) is 18.5 Å². The smallest absolute Gasteiger partial charge is 0.257 e. The molecule has 0 radical (unpaired) electrons. The van der Waals surface area contributed by atoms with Gasteiger partial charge >= 0.3 is 0 Å². The van der Waals surface area contributed by atoms with Crippen molar-refractivity contribution in [2.45, 2.75) is 76.5 Å². The van der Waals surface area contributed by atoms with Gasteiger partial charge in [-0.2, -0.15) is 0 Å². The number of benzene rings is 1. The van der Waals surface area contributed by atoms with Gasteiger partial charge in [0.2, 0.25) is 11.8 Å². The van der Waals surface area contributed by atoms with Gasteiger partial charge in [0, 0.05) is 32.2 Å². The number of anilines is 1. The van der Waals surface area contributed by atoms with Crippen LogP contribution in [0, 0.1) is 0 Å². The minimum Gasteiger partial charge on any atom is -0.490 e. The second kappa shape index (κ2) is 12.5. The van der Waals surface area contributed by atoms with Crippen LogP contribution in [0.1, 0.15) is 68.6 Å². The SMILES string of the molecule is CCCC(=O)Nc1ccc2c(c1)C(=O)N(C)[C@@H]1CC[C@@H](CC(=O)NCCN3CCCCC3)O[C@@H]1CO2. The minimum absolute atomic E-state index is 0.00893. The third-order valence-corrected chi connectivity index (χ3v) is 7.38. The van der Waals surface area contributed by atoms with E-state index < -0.39 is 0 Å². The van der Waals surface area contributed by atoms with E-state index in [1.54, 1.807) is 30.1 Å². The predicted molar refractivity (Wildman–Crippen MR) is 137 cm³/mol. The van der Waals surface area contributed by atoms with Gasteiger partial charge in [0.25, 0.3) is 5.91 Å². The number of carbonyl (C=O) groups is 3. The first-order valence-electron chi connectivity index (χ1n) is 13.4. The molecule has 0 saturated carbocycles. The highest BCUT2D eigenvalue weighted by Gasteiger charge is 2.39. The summed E-state index contributed by atoms with van der Waals surface area (Å²) in [5.74, 6) is 0.241. The zero-order valence-corrected chi connectivity index (χ0v) is 21.6. The largest absolute Gasteiger partial charge is 0.490 e. The summed E-state index contributed by atoms with van der Waals surface area (Å²) in [7, 11) is 1.79. The lowest BCUT2D eigenvalue weighted by atomic mass is 9.94. The van der Waals surface area contributed by atoms with Crippen LogP contribution in [0.3, 0.4) is 0 Å². The maximum Gasteiger partial charge on any atom is 0.257 e. The van der Waals surface area contributed by atoms with Crippen molar-refractivity contribution in [1.29, 1.82) is 0 Å². The van der Waals surface area contributed by atoms with Gasteiger partial charge in [-0.25, -0.2) is 0 Å². The van der Waals surface area contributed by atoms with Crippen LogP contribution in [0.2, 0.25) is 0 Å². The van der Waals surface area contributed by atoms with E-state index in [2.05, 4.69) is 15.5 Å². The molecule has 0 unspecified atom stereocenters. The van der Waals surface area contributed by atoms with Gasteiger partial charge in [-0.15, -0.1) is 0 Å². The molecular formula is C27H40N4O5. The summed E-state index contributed by atoms with van der Waals surface area (Å²) in [6.45, 7) is 6.04. The Morgan fingerprint density at radius 1 is 1.11 bits per heavy atom. The van der Waals surface area contributed by atoms with Gasteiger partial charge in [-0.3, -0.25) is 14.4 Å². The quantitative estimate of drug-likeness (QED) is 0.569. The zero-order chi connectivity index (χ0) is 25.5. The van der Waals surface area contributed by atoms with Crippen molar-refractivity contribution >= 4 is 23.4 Å². The molecule has 3 amide bonds. The van der Waals surface area contributed by atoms with E-state index in [-0.39, 0.29) is 36.0 Å². The lowest BCUT2D eigenvalue weighted by Crippen LogP contribution is -2.54. The molecule has 0 spiro atoms.